The molecule has 0 bridgehead atoms. The minimum atomic E-state index is -0.250. The van der Waals surface area contributed by atoms with Crippen molar-refractivity contribution in [3.8, 4) is 0 Å². The zero-order valence-electron chi connectivity index (χ0n) is 9.78. The summed E-state index contributed by atoms with van der Waals surface area (Å²) in [4.78, 5) is 16.2. The van der Waals surface area contributed by atoms with E-state index < -0.39 is 0 Å². The maximum absolute atomic E-state index is 12.0. The fraction of sp³-hybridized carbons (Fsp3) is 0.667. The molecular formula is C12H19N3O. The van der Waals surface area contributed by atoms with Crippen molar-refractivity contribution >= 4 is 5.78 Å². The van der Waals surface area contributed by atoms with E-state index in [9.17, 15) is 4.79 Å². The van der Waals surface area contributed by atoms with Gasteiger partial charge in [-0.1, -0.05) is 6.92 Å². The van der Waals surface area contributed by atoms with Crippen molar-refractivity contribution in [2.75, 3.05) is 0 Å². The molecule has 0 saturated heterocycles. The third-order valence-electron chi connectivity index (χ3n) is 3.29. The number of hydrogen-bond acceptors (Lipinski definition) is 3. The lowest BCUT2D eigenvalue weighted by Gasteiger charge is -2.37. The summed E-state index contributed by atoms with van der Waals surface area (Å²) >= 11 is 0. The van der Waals surface area contributed by atoms with Crippen LogP contribution in [0, 0.1) is 0 Å². The predicted octanol–water partition coefficient (Wildman–Crippen LogP) is 1.75. The lowest BCUT2D eigenvalue weighted by Crippen LogP contribution is -2.48. The Bertz CT molecular complexity index is 379. The van der Waals surface area contributed by atoms with E-state index in [1.807, 2.05) is 10.8 Å². The van der Waals surface area contributed by atoms with Crippen LogP contribution in [-0.4, -0.2) is 20.9 Å². The molecule has 0 spiro atoms. The van der Waals surface area contributed by atoms with Gasteiger partial charge in [0.15, 0.2) is 11.6 Å². The number of rotatable bonds is 5. The van der Waals surface area contributed by atoms with Gasteiger partial charge in [-0.3, -0.25) is 4.79 Å². The number of carbonyl (C=O) groups is 1. The molecule has 0 amide bonds. The van der Waals surface area contributed by atoms with Crippen LogP contribution in [0.2, 0.25) is 0 Å². The van der Waals surface area contributed by atoms with Crippen LogP contribution in [0.1, 0.15) is 49.6 Å². The minimum Gasteiger partial charge on any atom is -0.329 e. The molecule has 1 fully saturated rings. The van der Waals surface area contributed by atoms with Crippen LogP contribution in [0.15, 0.2) is 12.4 Å². The average Bonchev–Trinajstić information content (AvgIpc) is 2.64. The Morgan fingerprint density at radius 3 is 2.94 bits per heavy atom. The third kappa shape index (κ3) is 2.16. The van der Waals surface area contributed by atoms with E-state index in [4.69, 9.17) is 5.73 Å². The first-order valence-corrected chi connectivity index (χ1v) is 5.98. The molecule has 0 radical (unpaired) electrons. The molecule has 1 aromatic heterocycles. The second-order valence-corrected chi connectivity index (χ2v) is 4.76. The molecular weight excluding hydrogens is 202 g/mol. The maximum Gasteiger partial charge on any atom is 0.200 e. The summed E-state index contributed by atoms with van der Waals surface area (Å²) in [7, 11) is 0. The summed E-state index contributed by atoms with van der Waals surface area (Å²) < 4.78 is 1.92. The fourth-order valence-electron chi connectivity index (χ4n) is 2.19. The van der Waals surface area contributed by atoms with E-state index in [0.717, 1.165) is 32.2 Å². The van der Waals surface area contributed by atoms with Gasteiger partial charge in [-0.15, -0.1) is 0 Å². The summed E-state index contributed by atoms with van der Waals surface area (Å²) in [6, 6.07) is 0. The molecule has 0 aliphatic heterocycles. The van der Waals surface area contributed by atoms with E-state index >= 15 is 0 Å². The van der Waals surface area contributed by atoms with Gasteiger partial charge in [0.2, 0.25) is 0 Å². The molecule has 16 heavy (non-hydrogen) atoms. The Morgan fingerprint density at radius 1 is 1.62 bits per heavy atom. The van der Waals surface area contributed by atoms with Gasteiger partial charge in [0.05, 0.1) is 0 Å². The lowest BCUT2D eigenvalue weighted by atomic mass is 9.74. The number of Topliss-reactive ketones (excluding diaryl/α,β-unsaturated/α-hetero) is 1. The Labute approximate surface area is 95.9 Å². The van der Waals surface area contributed by atoms with Gasteiger partial charge in [0, 0.05) is 30.9 Å². The first kappa shape index (κ1) is 11.3. The van der Waals surface area contributed by atoms with E-state index in [-0.39, 0.29) is 11.3 Å². The standard InChI is InChI=1S/C12H19N3O/c1-2-7-15-8-6-14-11(15)10(16)9-12(13)4-3-5-12/h6,8H,2-5,7,9,13H2,1H3. The Balaban J connectivity index is 2.05. The lowest BCUT2D eigenvalue weighted by molar-refractivity contribution is 0.0897. The summed E-state index contributed by atoms with van der Waals surface area (Å²) in [6.45, 7) is 2.93. The van der Waals surface area contributed by atoms with Crippen LogP contribution in [0.25, 0.3) is 0 Å². The quantitative estimate of drug-likeness (QED) is 0.770. The third-order valence-corrected chi connectivity index (χ3v) is 3.29. The van der Waals surface area contributed by atoms with E-state index in [0.29, 0.717) is 12.2 Å². The number of aromatic nitrogens is 2. The van der Waals surface area contributed by atoms with Crippen LogP contribution in [0.5, 0.6) is 0 Å². The van der Waals surface area contributed by atoms with Gasteiger partial charge >= 0.3 is 0 Å². The highest BCUT2D eigenvalue weighted by Gasteiger charge is 2.35. The van der Waals surface area contributed by atoms with Crippen molar-refractivity contribution in [3.05, 3.63) is 18.2 Å². The van der Waals surface area contributed by atoms with Crippen molar-refractivity contribution in [1.82, 2.24) is 9.55 Å². The fourth-order valence-corrected chi connectivity index (χ4v) is 2.19. The molecule has 4 heteroatoms. The molecule has 1 aliphatic carbocycles. The maximum atomic E-state index is 12.0. The van der Waals surface area contributed by atoms with Gasteiger partial charge < -0.3 is 10.3 Å². The first-order valence-electron chi connectivity index (χ1n) is 5.98. The number of ketones is 1. The number of carbonyl (C=O) groups excluding carboxylic acids is 1. The van der Waals surface area contributed by atoms with Gasteiger partial charge in [-0.2, -0.15) is 0 Å². The smallest absolute Gasteiger partial charge is 0.200 e. The van der Waals surface area contributed by atoms with Crippen LogP contribution >= 0.6 is 0 Å². The number of nitrogens with zero attached hydrogens (tertiary/aromatic N) is 2. The molecule has 1 aromatic rings. The molecule has 4 nitrogen and oxygen atoms in total. The van der Waals surface area contributed by atoms with Crippen molar-refractivity contribution in [3.63, 3.8) is 0 Å². The number of nitrogens with two attached hydrogens (primary N) is 1. The number of imidazole rings is 1. The van der Waals surface area contributed by atoms with Crippen molar-refractivity contribution in [2.45, 2.75) is 51.1 Å². The zero-order valence-corrected chi connectivity index (χ0v) is 9.78. The van der Waals surface area contributed by atoms with Crippen LogP contribution in [-0.2, 0) is 6.54 Å². The molecule has 1 heterocycles. The Morgan fingerprint density at radius 2 is 2.38 bits per heavy atom. The monoisotopic (exact) mass is 221 g/mol. The van der Waals surface area contributed by atoms with Gasteiger partial charge in [-0.05, 0) is 25.7 Å². The van der Waals surface area contributed by atoms with Gasteiger partial charge in [0.1, 0.15) is 0 Å². The highest BCUT2D eigenvalue weighted by Crippen LogP contribution is 2.32. The largest absolute Gasteiger partial charge is 0.329 e. The van der Waals surface area contributed by atoms with Crippen molar-refractivity contribution in [2.24, 2.45) is 5.73 Å². The second-order valence-electron chi connectivity index (χ2n) is 4.76. The summed E-state index contributed by atoms with van der Waals surface area (Å²) in [5.74, 6) is 0.652. The second kappa shape index (κ2) is 4.37. The molecule has 0 aromatic carbocycles. The molecule has 0 unspecified atom stereocenters. The minimum absolute atomic E-state index is 0.0839. The average molecular weight is 221 g/mol. The Hall–Kier alpha value is -1.16. The van der Waals surface area contributed by atoms with Crippen molar-refractivity contribution < 1.29 is 4.79 Å². The van der Waals surface area contributed by atoms with Crippen molar-refractivity contribution in [1.29, 1.82) is 0 Å². The number of hydrogen-bond donors (Lipinski definition) is 1. The van der Waals surface area contributed by atoms with Gasteiger partial charge in [-0.25, -0.2) is 4.98 Å². The zero-order chi connectivity index (χ0) is 11.6. The summed E-state index contributed by atoms with van der Waals surface area (Å²) in [5, 5.41) is 0. The van der Waals surface area contributed by atoms with E-state index in [1.165, 1.54) is 0 Å². The molecule has 0 atom stereocenters. The molecule has 88 valence electrons. The topological polar surface area (TPSA) is 60.9 Å². The highest BCUT2D eigenvalue weighted by molar-refractivity contribution is 5.93. The van der Waals surface area contributed by atoms with Crippen LogP contribution in [0.4, 0.5) is 0 Å². The summed E-state index contributed by atoms with van der Waals surface area (Å²) in [6.07, 6.45) is 8.07. The first-order chi connectivity index (χ1) is 7.64. The molecule has 2 N–H and O–H groups in total. The normalized spacial score (nSPS) is 18.1. The molecule has 1 saturated carbocycles. The van der Waals surface area contributed by atoms with Crippen LogP contribution in [0.3, 0.4) is 0 Å². The van der Waals surface area contributed by atoms with E-state index in [1.54, 1.807) is 6.20 Å². The SMILES string of the molecule is CCCn1ccnc1C(=O)CC1(N)CCC1. The highest BCUT2D eigenvalue weighted by atomic mass is 16.1. The Kier molecular flexibility index (Phi) is 3.10. The summed E-state index contributed by atoms with van der Waals surface area (Å²) in [5.41, 5.74) is 5.83. The molecule has 1 aliphatic rings. The predicted molar refractivity (Wildman–Crippen MR) is 62.2 cm³/mol. The number of aryl methyl sites for hydroxylation is 1. The van der Waals surface area contributed by atoms with E-state index in [2.05, 4.69) is 11.9 Å². The van der Waals surface area contributed by atoms with Gasteiger partial charge in [0.25, 0.3) is 0 Å². The van der Waals surface area contributed by atoms with Crippen LogP contribution < -0.4 is 5.73 Å². The molecule has 2 rings (SSSR count).